The third-order valence-electron chi connectivity index (χ3n) is 6.20. The number of phosphoric ester groups is 2. The van der Waals surface area contributed by atoms with Crippen molar-refractivity contribution >= 4 is 23.5 Å². The normalized spacial score (nSPS) is 22.8. The zero-order chi connectivity index (χ0) is 32.1. The van der Waals surface area contributed by atoms with E-state index < -0.39 is 59.8 Å². The van der Waals surface area contributed by atoms with Crippen molar-refractivity contribution in [1.82, 2.24) is 9.55 Å². The van der Waals surface area contributed by atoms with Crippen molar-refractivity contribution in [1.29, 1.82) is 0 Å². The molecule has 1 aromatic rings. The van der Waals surface area contributed by atoms with Crippen molar-refractivity contribution < 1.29 is 55.9 Å². The average molecular weight is 677 g/mol. The fraction of sp³-hybridized carbons (Fsp3) is 0.810. The van der Waals surface area contributed by atoms with E-state index >= 15 is 0 Å². The molecule has 246 valence electrons. The molecule has 0 amide bonds. The lowest BCUT2D eigenvalue weighted by molar-refractivity contribution is -0.0450. The van der Waals surface area contributed by atoms with Gasteiger partial charge in [-0.05, 0) is 25.3 Å². The first-order chi connectivity index (χ1) is 20.1. The fourth-order valence-corrected chi connectivity index (χ4v) is 7.62. The first-order valence-electron chi connectivity index (χ1n) is 13.5. The molecular formula is C21H38N5O14P3. The summed E-state index contributed by atoms with van der Waals surface area (Å²) in [4.78, 5) is 57.6. The summed E-state index contributed by atoms with van der Waals surface area (Å²) >= 11 is 0. The molecule has 2 heterocycles. The molecule has 1 fully saturated rings. The van der Waals surface area contributed by atoms with Crippen LogP contribution in [0.15, 0.2) is 20.9 Å². The molecule has 0 saturated carbocycles. The van der Waals surface area contributed by atoms with Crippen molar-refractivity contribution in [3.8, 4) is 0 Å². The van der Waals surface area contributed by atoms with Crippen molar-refractivity contribution in [3.63, 3.8) is 0 Å². The fourth-order valence-electron chi connectivity index (χ4n) is 4.07. The summed E-state index contributed by atoms with van der Waals surface area (Å²) < 4.78 is 60.1. The summed E-state index contributed by atoms with van der Waals surface area (Å²) in [7, 11) is -16.2. The van der Waals surface area contributed by atoms with Crippen LogP contribution in [0.4, 0.5) is 0 Å². The highest BCUT2D eigenvalue weighted by Crippen LogP contribution is 2.67. The summed E-state index contributed by atoms with van der Waals surface area (Å²) in [5.41, 5.74) is 6.96. The first-order valence-corrected chi connectivity index (χ1v) is 18.0. The largest absolute Gasteiger partial charge is 0.490 e. The highest BCUT2D eigenvalue weighted by molar-refractivity contribution is 7.66. The second-order valence-electron chi connectivity index (χ2n) is 9.75. The van der Waals surface area contributed by atoms with Crippen molar-refractivity contribution in [2.45, 2.75) is 89.6 Å². The molecule has 19 nitrogen and oxygen atoms in total. The van der Waals surface area contributed by atoms with Crippen LogP contribution in [0.1, 0.15) is 76.0 Å². The lowest BCUT2D eigenvalue weighted by Gasteiger charge is -2.20. The SMILES string of the molecule is Cc1cn([C@H]2CC(O)[C@@H](COP(=O)(O)OP(=O)(O)OP(=O)(O)OCCCCCCCCCCCN=[N+]=[N-])O2)c(=O)[nH]c1=O. The molecule has 1 saturated heterocycles. The number of hydrogen-bond donors (Lipinski definition) is 5. The van der Waals surface area contributed by atoms with Gasteiger partial charge in [0.25, 0.3) is 5.56 Å². The molecule has 2 rings (SSSR count). The van der Waals surface area contributed by atoms with E-state index in [0.29, 0.717) is 19.4 Å². The predicted octanol–water partition coefficient (Wildman–Crippen LogP) is 3.68. The van der Waals surface area contributed by atoms with Crippen LogP contribution in [-0.4, -0.2) is 61.3 Å². The van der Waals surface area contributed by atoms with E-state index in [2.05, 4.69) is 32.7 Å². The monoisotopic (exact) mass is 677 g/mol. The van der Waals surface area contributed by atoms with Crippen LogP contribution in [0.3, 0.4) is 0 Å². The number of aliphatic hydroxyl groups is 1. The van der Waals surface area contributed by atoms with E-state index in [1.165, 1.54) is 13.1 Å². The van der Waals surface area contributed by atoms with E-state index in [1.807, 2.05) is 0 Å². The highest BCUT2D eigenvalue weighted by atomic mass is 31.3. The Bertz CT molecular complexity index is 1350. The molecule has 6 atom stereocenters. The van der Waals surface area contributed by atoms with E-state index in [9.17, 15) is 43.1 Å². The molecule has 5 N–H and O–H groups in total. The molecular weight excluding hydrogens is 639 g/mol. The average Bonchev–Trinajstić information content (AvgIpc) is 3.26. The third-order valence-corrected chi connectivity index (χ3v) is 10.5. The number of nitrogens with zero attached hydrogens (tertiary/aromatic N) is 4. The van der Waals surface area contributed by atoms with Crippen molar-refractivity contribution in [3.05, 3.63) is 43.0 Å². The van der Waals surface area contributed by atoms with Crippen LogP contribution < -0.4 is 11.2 Å². The Balaban J connectivity index is 1.69. The maximum Gasteiger partial charge on any atom is 0.490 e. The molecule has 43 heavy (non-hydrogen) atoms. The Morgan fingerprint density at radius 3 is 2.14 bits per heavy atom. The summed E-state index contributed by atoms with van der Waals surface area (Å²) in [6.07, 6.45) is 5.01. The summed E-state index contributed by atoms with van der Waals surface area (Å²) in [6.45, 7) is 0.785. The number of rotatable bonds is 21. The predicted molar refractivity (Wildman–Crippen MR) is 150 cm³/mol. The van der Waals surface area contributed by atoms with Gasteiger partial charge in [-0.15, -0.1) is 0 Å². The number of aryl methyl sites for hydroxylation is 1. The number of hydrogen-bond acceptors (Lipinski definition) is 12. The van der Waals surface area contributed by atoms with Gasteiger partial charge in [-0.3, -0.25) is 23.4 Å². The molecule has 0 aliphatic carbocycles. The third kappa shape index (κ3) is 14.3. The van der Waals surface area contributed by atoms with Crippen LogP contribution in [0.25, 0.3) is 10.4 Å². The van der Waals surface area contributed by atoms with Gasteiger partial charge in [-0.25, -0.2) is 18.5 Å². The van der Waals surface area contributed by atoms with Crippen LogP contribution in [0.5, 0.6) is 0 Å². The number of aromatic nitrogens is 2. The van der Waals surface area contributed by atoms with Gasteiger partial charge in [0.1, 0.15) is 12.3 Å². The molecule has 1 aliphatic rings. The highest BCUT2D eigenvalue weighted by Gasteiger charge is 2.43. The van der Waals surface area contributed by atoms with Crippen LogP contribution >= 0.6 is 23.5 Å². The molecule has 0 bridgehead atoms. The lowest BCUT2D eigenvalue weighted by atomic mass is 10.1. The van der Waals surface area contributed by atoms with E-state index in [4.69, 9.17) is 10.3 Å². The minimum absolute atomic E-state index is 0.163. The number of aliphatic hydroxyl groups excluding tert-OH is 1. The Labute approximate surface area is 246 Å². The number of nitrogens with one attached hydrogen (secondary N) is 1. The number of unbranched alkanes of at least 4 members (excludes halogenated alkanes) is 8. The maximum absolute atomic E-state index is 12.2. The molecule has 1 aliphatic heterocycles. The summed E-state index contributed by atoms with van der Waals surface area (Å²) in [5, 5.41) is 13.7. The van der Waals surface area contributed by atoms with Crippen LogP contribution in [-0.2, 0) is 36.1 Å². The lowest BCUT2D eigenvalue weighted by Crippen LogP contribution is -2.33. The van der Waals surface area contributed by atoms with Gasteiger partial charge in [0, 0.05) is 29.6 Å². The Kier molecular flexibility index (Phi) is 15.5. The number of H-pyrrole nitrogens is 1. The van der Waals surface area contributed by atoms with E-state index in [0.717, 1.165) is 49.5 Å². The smallest absolute Gasteiger partial charge is 0.390 e. The second kappa shape index (κ2) is 17.7. The maximum atomic E-state index is 12.2. The second-order valence-corrected chi connectivity index (χ2v) is 14.4. The summed E-state index contributed by atoms with van der Waals surface area (Å²) in [5.74, 6) is 0. The van der Waals surface area contributed by atoms with Gasteiger partial charge in [0.2, 0.25) is 0 Å². The zero-order valence-electron chi connectivity index (χ0n) is 23.5. The van der Waals surface area contributed by atoms with Gasteiger partial charge in [0.15, 0.2) is 0 Å². The molecule has 0 spiro atoms. The van der Waals surface area contributed by atoms with Gasteiger partial charge in [-0.2, -0.15) is 8.62 Å². The molecule has 1 aromatic heterocycles. The van der Waals surface area contributed by atoms with Crippen molar-refractivity contribution in [2.24, 2.45) is 5.11 Å². The Morgan fingerprint density at radius 2 is 1.53 bits per heavy atom. The van der Waals surface area contributed by atoms with Crippen LogP contribution in [0.2, 0.25) is 0 Å². The molecule has 0 aromatic carbocycles. The van der Waals surface area contributed by atoms with Crippen LogP contribution in [0, 0.1) is 6.92 Å². The minimum atomic E-state index is -5.66. The number of phosphoric acid groups is 3. The number of azide groups is 1. The molecule has 22 heteroatoms. The number of ether oxygens (including phenoxy) is 1. The van der Waals surface area contributed by atoms with Gasteiger partial charge >= 0.3 is 29.2 Å². The summed E-state index contributed by atoms with van der Waals surface area (Å²) in [6, 6.07) is 0. The molecule has 4 unspecified atom stereocenters. The van der Waals surface area contributed by atoms with Gasteiger partial charge < -0.3 is 24.5 Å². The van der Waals surface area contributed by atoms with E-state index in [-0.39, 0.29) is 18.6 Å². The van der Waals surface area contributed by atoms with Crippen molar-refractivity contribution in [2.75, 3.05) is 19.8 Å². The Morgan fingerprint density at radius 1 is 0.977 bits per heavy atom. The topological polar surface area (TPSA) is 282 Å². The standard InChI is InChI=1S/C21H38N5O14P3/c1-16-14-26(21(29)24-20(16)28)19-13-17(27)18(38-19)15-37-42(32,33)40-43(34,35)39-41(30,31)36-12-10-8-6-4-2-3-5-7-9-11-23-25-22/h14,17-19,27H,2-13,15H2,1H3,(H,30,31)(H,32,33)(H,34,35)(H,24,28,29)/t17?,18-,19-/m1/s1. The van der Waals surface area contributed by atoms with Gasteiger partial charge in [-0.1, -0.05) is 50.1 Å². The molecule has 0 radical (unpaired) electrons. The number of aromatic amines is 1. The minimum Gasteiger partial charge on any atom is -0.390 e. The zero-order valence-corrected chi connectivity index (χ0v) is 26.2. The van der Waals surface area contributed by atoms with E-state index in [1.54, 1.807) is 0 Å². The quantitative estimate of drug-likeness (QED) is 0.0408. The Hall–Kier alpha value is -1.68. The van der Waals surface area contributed by atoms with Gasteiger partial charge in [0.05, 0.1) is 19.3 Å². The first kappa shape index (κ1) is 37.5.